The number of aromatic nitrogens is 3. The van der Waals surface area contributed by atoms with Crippen LogP contribution < -0.4 is 0 Å². The van der Waals surface area contributed by atoms with Crippen LogP contribution in [0.5, 0.6) is 0 Å². The molecular weight excluding hydrogens is 297 g/mol. The third-order valence-electron chi connectivity index (χ3n) is 4.01. The molecule has 1 fully saturated rings. The summed E-state index contributed by atoms with van der Waals surface area (Å²) in [6.45, 7) is 0. The molecule has 0 saturated heterocycles. The Hall–Kier alpha value is -2.76. The standard InChI is InChI=1S/C17H14FN3O2/c1-23-17(22)15-9-21-16(19-15)13(10-2-3-10)8-14(20-21)11-4-6-12(18)7-5-11/h4-10H,2-3H2,1H3. The Morgan fingerprint density at radius 3 is 2.70 bits per heavy atom. The molecule has 0 atom stereocenters. The van der Waals surface area contributed by atoms with E-state index < -0.39 is 5.97 Å². The van der Waals surface area contributed by atoms with Gasteiger partial charge in [-0.1, -0.05) is 0 Å². The van der Waals surface area contributed by atoms with E-state index in [-0.39, 0.29) is 11.5 Å². The Kier molecular flexibility index (Phi) is 3.11. The minimum Gasteiger partial charge on any atom is -0.464 e. The van der Waals surface area contributed by atoms with Gasteiger partial charge in [0.2, 0.25) is 0 Å². The second kappa shape index (κ2) is 5.15. The molecule has 0 bridgehead atoms. The van der Waals surface area contributed by atoms with E-state index in [1.165, 1.54) is 19.2 Å². The number of halogens is 1. The van der Waals surface area contributed by atoms with Gasteiger partial charge in [0.05, 0.1) is 19.0 Å². The van der Waals surface area contributed by atoms with Crippen molar-refractivity contribution in [3.63, 3.8) is 0 Å². The Morgan fingerprint density at radius 1 is 1.30 bits per heavy atom. The lowest BCUT2D eigenvalue weighted by Gasteiger charge is -2.06. The number of ether oxygens (including phenoxy) is 1. The lowest BCUT2D eigenvalue weighted by atomic mass is 10.1. The summed E-state index contributed by atoms with van der Waals surface area (Å²) >= 11 is 0. The fourth-order valence-corrected chi connectivity index (χ4v) is 2.66. The summed E-state index contributed by atoms with van der Waals surface area (Å²) in [5.41, 5.74) is 3.53. The average Bonchev–Trinajstić information content (AvgIpc) is 3.32. The van der Waals surface area contributed by atoms with Crippen molar-refractivity contribution in [1.82, 2.24) is 14.6 Å². The molecule has 1 aliphatic carbocycles. The first kappa shape index (κ1) is 13.9. The fraction of sp³-hybridized carbons (Fsp3) is 0.235. The number of hydrogen-bond donors (Lipinski definition) is 0. The third-order valence-corrected chi connectivity index (χ3v) is 4.01. The van der Waals surface area contributed by atoms with Crippen LogP contribution in [0.2, 0.25) is 0 Å². The van der Waals surface area contributed by atoms with Crippen LogP contribution in [-0.4, -0.2) is 27.7 Å². The van der Waals surface area contributed by atoms with Crippen LogP contribution >= 0.6 is 0 Å². The molecule has 0 radical (unpaired) electrons. The van der Waals surface area contributed by atoms with Gasteiger partial charge < -0.3 is 4.74 Å². The zero-order valence-electron chi connectivity index (χ0n) is 12.5. The first-order valence-electron chi connectivity index (χ1n) is 7.40. The maximum absolute atomic E-state index is 13.1. The topological polar surface area (TPSA) is 56.5 Å². The predicted octanol–water partition coefficient (Wildman–Crippen LogP) is 3.20. The fourth-order valence-electron chi connectivity index (χ4n) is 2.66. The minimum absolute atomic E-state index is 0.234. The van der Waals surface area contributed by atoms with E-state index in [4.69, 9.17) is 4.74 Å². The maximum Gasteiger partial charge on any atom is 0.358 e. The Labute approximate surface area is 131 Å². The molecule has 0 amide bonds. The first-order valence-corrected chi connectivity index (χ1v) is 7.40. The van der Waals surface area contributed by atoms with E-state index in [1.54, 1.807) is 22.8 Å². The van der Waals surface area contributed by atoms with Crippen LogP contribution in [0.4, 0.5) is 4.39 Å². The largest absolute Gasteiger partial charge is 0.464 e. The number of nitrogens with zero attached hydrogens (tertiary/aromatic N) is 3. The van der Waals surface area contributed by atoms with Crippen molar-refractivity contribution < 1.29 is 13.9 Å². The van der Waals surface area contributed by atoms with Crippen molar-refractivity contribution >= 4 is 11.6 Å². The molecule has 2 heterocycles. The number of carbonyl (C=O) groups is 1. The molecule has 0 spiro atoms. The van der Waals surface area contributed by atoms with Crippen molar-refractivity contribution in [2.24, 2.45) is 0 Å². The van der Waals surface area contributed by atoms with Crippen molar-refractivity contribution in [2.45, 2.75) is 18.8 Å². The highest BCUT2D eigenvalue weighted by Gasteiger charge is 2.28. The molecule has 1 aliphatic rings. The molecular formula is C17H14FN3O2. The summed E-state index contributed by atoms with van der Waals surface area (Å²) in [5.74, 6) is -0.332. The second-order valence-electron chi connectivity index (χ2n) is 5.65. The van der Waals surface area contributed by atoms with Crippen LogP contribution in [0.3, 0.4) is 0 Å². The Bertz CT molecular complexity index is 898. The highest BCUT2D eigenvalue weighted by molar-refractivity contribution is 5.88. The van der Waals surface area contributed by atoms with Gasteiger partial charge in [-0.25, -0.2) is 18.7 Å². The van der Waals surface area contributed by atoms with Crippen LogP contribution in [0.25, 0.3) is 16.9 Å². The van der Waals surface area contributed by atoms with Crippen molar-refractivity contribution in [1.29, 1.82) is 0 Å². The SMILES string of the molecule is COC(=O)c1cn2nc(-c3ccc(F)cc3)cc(C3CC3)c2n1. The molecule has 1 saturated carbocycles. The average molecular weight is 311 g/mol. The normalized spacial score (nSPS) is 14.2. The summed E-state index contributed by atoms with van der Waals surface area (Å²) in [4.78, 5) is 16.1. The van der Waals surface area contributed by atoms with Gasteiger partial charge in [-0.05, 0) is 49.1 Å². The van der Waals surface area contributed by atoms with Crippen LogP contribution in [0, 0.1) is 5.82 Å². The van der Waals surface area contributed by atoms with Gasteiger partial charge in [0.15, 0.2) is 11.3 Å². The van der Waals surface area contributed by atoms with Crippen molar-refractivity contribution in [2.75, 3.05) is 7.11 Å². The zero-order chi connectivity index (χ0) is 16.0. The number of benzene rings is 1. The number of carbonyl (C=O) groups excluding carboxylic acids is 1. The molecule has 3 aromatic rings. The number of hydrogen-bond acceptors (Lipinski definition) is 4. The summed E-state index contributed by atoms with van der Waals surface area (Å²) in [5, 5.41) is 4.51. The summed E-state index contributed by atoms with van der Waals surface area (Å²) in [6, 6.07) is 8.18. The summed E-state index contributed by atoms with van der Waals surface area (Å²) < 4.78 is 19.5. The van der Waals surface area contributed by atoms with Gasteiger partial charge in [0, 0.05) is 11.1 Å². The maximum atomic E-state index is 13.1. The van der Waals surface area contributed by atoms with E-state index in [2.05, 4.69) is 10.1 Å². The molecule has 1 aromatic carbocycles. The molecule has 4 rings (SSSR count). The van der Waals surface area contributed by atoms with Crippen LogP contribution in [-0.2, 0) is 4.74 Å². The molecule has 2 aromatic heterocycles. The zero-order valence-corrected chi connectivity index (χ0v) is 12.5. The number of methoxy groups -OCH3 is 1. The van der Waals surface area contributed by atoms with Gasteiger partial charge in [-0.15, -0.1) is 0 Å². The number of rotatable bonds is 3. The van der Waals surface area contributed by atoms with Crippen molar-refractivity contribution in [3.8, 4) is 11.3 Å². The molecule has 23 heavy (non-hydrogen) atoms. The summed E-state index contributed by atoms with van der Waals surface area (Å²) in [6.07, 6.45) is 3.77. The van der Waals surface area contributed by atoms with Gasteiger partial charge in [0.25, 0.3) is 0 Å². The van der Waals surface area contributed by atoms with Gasteiger partial charge in [-0.2, -0.15) is 5.10 Å². The van der Waals surface area contributed by atoms with E-state index >= 15 is 0 Å². The number of esters is 1. The number of imidazole rings is 1. The smallest absolute Gasteiger partial charge is 0.358 e. The molecule has 0 N–H and O–H groups in total. The molecule has 0 unspecified atom stereocenters. The van der Waals surface area contributed by atoms with E-state index in [0.717, 1.165) is 29.7 Å². The monoisotopic (exact) mass is 311 g/mol. The minimum atomic E-state index is -0.486. The Balaban J connectivity index is 1.89. The van der Waals surface area contributed by atoms with E-state index in [9.17, 15) is 9.18 Å². The van der Waals surface area contributed by atoms with E-state index in [0.29, 0.717) is 11.6 Å². The lowest BCUT2D eigenvalue weighted by molar-refractivity contribution is 0.0594. The second-order valence-corrected chi connectivity index (χ2v) is 5.65. The van der Waals surface area contributed by atoms with Gasteiger partial charge in [0.1, 0.15) is 5.82 Å². The van der Waals surface area contributed by atoms with Gasteiger partial charge >= 0.3 is 5.97 Å². The van der Waals surface area contributed by atoms with Crippen LogP contribution in [0.1, 0.15) is 34.8 Å². The van der Waals surface area contributed by atoms with Gasteiger partial charge in [-0.3, -0.25) is 0 Å². The Morgan fingerprint density at radius 2 is 2.04 bits per heavy atom. The van der Waals surface area contributed by atoms with Crippen molar-refractivity contribution in [3.05, 3.63) is 53.6 Å². The number of fused-ring (bicyclic) bond motifs is 1. The third kappa shape index (κ3) is 2.46. The highest BCUT2D eigenvalue weighted by atomic mass is 19.1. The summed E-state index contributed by atoms with van der Waals surface area (Å²) in [7, 11) is 1.32. The molecule has 116 valence electrons. The first-order chi connectivity index (χ1) is 11.2. The van der Waals surface area contributed by atoms with Crippen LogP contribution in [0.15, 0.2) is 36.5 Å². The molecule has 0 aliphatic heterocycles. The van der Waals surface area contributed by atoms with E-state index in [1.807, 2.05) is 6.07 Å². The quantitative estimate of drug-likeness (QED) is 0.697. The highest BCUT2D eigenvalue weighted by Crippen LogP contribution is 2.42. The predicted molar refractivity (Wildman–Crippen MR) is 81.7 cm³/mol. The lowest BCUT2D eigenvalue weighted by Crippen LogP contribution is -2.00. The molecule has 6 heteroatoms. The molecule has 5 nitrogen and oxygen atoms in total.